The molecule has 1 saturated heterocycles. The van der Waals surface area contributed by atoms with Crippen molar-refractivity contribution in [3.8, 4) is 0 Å². The van der Waals surface area contributed by atoms with Crippen LogP contribution in [0.25, 0.3) is 0 Å². The van der Waals surface area contributed by atoms with Gasteiger partial charge < -0.3 is 20.3 Å². The Balaban J connectivity index is 1.74. The number of aliphatic imine (C=N–C) groups is 1. The summed E-state index contributed by atoms with van der Waals surface area (Å²) in [5.74, 6) is 0.812. The van der Waals surface area contributed by atoms with E-state index in [1.807, 2.05) is 0 Å². The lowest BCUT2D eigenvalue weighted by molar-refractivity contribution is -0.0161. The molecule has 1 aliphatic heterocycles. The molecule has 5 nitrogen and oxygen atoms in total. The molecule has 0 aliphatic carbocycles. The van der Waals surface area contributed by atoms with Crippen LogP contribution in [0.2, 0.25) is 0 Å². The Kier molecular flexibility index (Phi) is 6.02. The van der Waals surface area contributed by atoms with Crippen LogP contribution in [0.1, 0.15) is 11.1 Å². The number of hydrogen-bond donors (Lipinski definition) is 2. The normalized spacial score (nSPS) is 20.3. The van der Waals surface area contributed by atoms with Gasteiger partial charge in [-0.1, -0.05) is 29.8 Å². The van der Waals surface area contributed by atoms with E-state index in [0.717, 1.165) is 38.7 Å². The lowest BCUT2D eigenvalue weighted by atomic mass is 10.1. The number of benzene rings is 1. The predicted octanol–water partition coefficient (Wildman–Crippen LogP) is 0.991. The Bertz CT molecular complexity index is 458. The second-order valence-electron chi connectivity index (χ2n) is 5.55. The summed E-state index contributed by atoms with van der Waals surface area (Å²) in [6.07, 6.45) is 0.224. The van der Waals surface area contributed by atoms with Crippen molar-refractivity contribution >= 4 is 5.96 Å². The number of nitrogens with zero attached hydrogens (tertiary/aromatic N) is 2. The number of rotatable bonds is 4. The Labute approximate surface area is 127 Å². The molecule has 0 saturated carbocycles. The van der Waals surface area contributed by atoms with Crippen LogP contribution < -0.4 is 10.6 Å². The topological polar surface area (TPSA) is 48.9 Å². The van der Waals surface area contributed by atoms with Gasteiger partial charge in [0.25, 0.3) is 0 Å². The van der Waals surface area contributed by atoms with Gasteiger partial charge in [-0.15, -0.1) is 0 Å². The summed E-state index contributed by atoms with van der Waals surface area (Å²) in [6, 6.07) is 8.52. The maximum Gasteiger partial charge on any atom is 0.191 e. The third kappa shape index (κ3) is 5.36. The molecule has 0 bridgehead atoms. The molecule has 0 spiro atoms. The van der Waals surface area contributed by atoms with Gasteiger partial charge in [-0.2, -0.15) is 0 Å². The standard InChI is InChI=1S/C16H26N4O/c1-13-4-6-14(7-5-13)10-18-16(17-2)19-11-15-12-20(3)8-9-21-15/h4-7,15H,8-12H2,1-3H3,(H2,17,18,19). The zero-order valence-corrected chi connectivity index (χ0v) is 13.2. The van der Waals surface area contributed by atoms with Crippen molar-refractivity contribution < 1.29 is 4.74 Å². The van der Waals surface area contributed by atoms with E-state index < -0.39 is 0 Å². The fraction of sp³-hybridized carbons (Fsp3) is 0.562. The molecule has 2 N–H and O–H groups in total. The first-order valence-corrected chi connectivity index (χ1v) is 7.47. The van der Waals surface area contributed by atoms with Crippen LogP contribution in [0.4, 0.5) is 0 Å². The summed E-state index contributed by atoms with van der Waals surface area (Å²) in [6.45, 7) is 6.42. The number of ether oxygens (including phenoxy) is 1. The van der Waals surface area contributed by atoms with Crippen LogP contribution in [0.15, 0.2) is 29.3 Å². The Morgan fingerprint density at radius 3 is 2.76 bits per heavy atom. The van der Waals surface area contributed by atoms with Gasteiger partial charge in [0.05, 0.1) is 12.7 Å². The van der Waals surface area contributed by atoms with E-state index >= 15 is 0 Å². The van der Waals surface area contributed by atoms with Gasteiger partial charge in [0, 0.05) is 33.2 Å². The average molecular weight is 290 g/mol. The highest BCUT2D eigenvalue weighted by atomic mass is 16.5. The van der Waals surface area contributed by atoms with Crippen LogP contribution in [0.3, 0.4) is 0 Å². The molecule has 0 aromatic heterocycles. The van der Waals surface area contributed by atoms with Crippen molar-refractivity contribution in [3.05, 3.63) is 35.4 Å². The molecule has 116 valence electrons. The van der Waals surface area contributed by atoms with Gasteiger partial charge in [0.2, 0.25) is 0 Å². The van der Waals surface area contributed by atoms with Crippen molar-refractivity contribution in [2.24, 2.45) is 4.99 Å². The van der Waals surface area contributed by atoms with E-state index in [9.17, 15) is 0 Å². The van der Waals surface area contributed by atoms with E-state index in [-0.39, 0.29) is 6.10 Å². The molecule has 1 atom stereocenters. The molecule has 1 fully saturated rings. The molecule has 21 heavy (non-hydrogen) atoms. The largest absolute Gasteiger partial charge is 0.374 e. The summed E-state index contributed by atoms with van der Waals surface area (Å²) in [5, 5.41) is 6.65. The molecule has 1 aromatic rings. The molecule has 1 aromatic carbocycles. The highest BCUT2D eigenvalue weighted by Crippen LogP contribution is 2.03. The van der Waals surface area contributed by atoms with E-state index in [0.29, 0.717) is 0 Å². The lowest BCUT2D eigenvalue weighted by Gasteiger charge is -2.30. The average Bonchev–Trinajstić information content (AvgIpc) is 2.49. The van der Waals surface area contributed by atoms with Gasteiger partial charge in [0.1, 0.15) is 0 Å². The SMILES string of the molecule is CN=C(NCc1ccc(C)cc1)NCC1CN(C)CCO1. The third-order valence-corrected chi connectivity index (χ3v) is 3.64. The molecule has 1 heterocycles. The lowest BCUT2D eigenvalue weighted by Crippen LogP contribution is -2.48. The first-order chi connectivity index (χ1) is 10.2. The second kappa shape index (κ2) is 8.00. The monoisotopic (exact) mass is 290 g/mol. The smallest absolute Gasteiger partial charge is 0.191 e. The van der Waals surface area contributed by atoms with Gasteiger partial charge in [-0.25, -0.2) is 0 Å². The minimum atomic E-state index is 0.224. The van der Waals surface area contributed by atoms with Gasteiger partial charge in [-0.05, 0) is 19.5 Å². The van der Waals surface area contributed by atoms with Crippen molar-refractivity contribution in [3.63, 3.8) is 0 Å². The zero-order chi connectivity index (χ0) is 15.1. The van der Waals surface area contributed by atoms with Crippen molar-refractivity contribution in [1.29, 1.82) is 0 Å². The van der Waals surface area contributed by atoms with Crippen LogP contribution >= 0.6 is 0 Å². The molecule has 1 aliphatic rings. The fourth-order valence-electron chi connectivity index (χ4n) is 2.31. The quantitative estimate of drug-likeness (QED) is 0.641. The maximum atomic E-state index is 5.73. The van der Waals surface area contributed by atoms with Gasteiger partial charge in [0.15, 0.2) is 5.96 Å². The minimum absolute atomic E-state index is 0.224. The predicted molar refractivity (Wildman–Crippen MR) is 86.6 cm³/mol. The molecule has 0 radical (unpaired) electrons. The number of hydrogen-bond acceptors (Lipinski definition) is 3. The first kappa shape index (κ1) is 15.8. The number of likely N-dealkylation sites (N-methyl/N-ethyl adjacent to an activating group) is 1. The van der Waals surface area contributed by atoms with Crippen LogP contribution in [-0.2, 0) is 11.3 Å². The van der Waals surface area contributed by atoms with Crippen molar-refractivity contribution in [1.82, 2.24) is 15.5 Å². The number of aryl methyl sites for hydroxylation is 1. The number of morpholine rings is 1. The molecule has 1 unspecified atom stereocenters. The summed E-state index contributed by atoms with van der Waals surface area (Å²) >= 11 is 0. The van der Waals surface area contributed by atoms with E-state index in [4.69, 9.17) is 4.74 Å². The highest BCUT2D eigenvalue weighted by Gasteiger charge is 2.17. The maximum absolute atomic E-state index is 5.73. The summed E-state index contributed by atoms with van der Waals surface area (Å²) in [5.41, 5.74) is 2.53. The fourth-order valence-corrected chi connectivity index (χ4v) is 2.31. The molecule has 0 amide bonds. The van der Waals surface area contributed by atoms with Crippen molar-refractivity contribution in [2.45, 2.75) is 19.6 Å². The van der Waals surface area contributed by atoms with E-state index in [1.165, 1.54) is 11.1 Å². The minimum Gasteiger partial charge on any atom is -0.374 e. The van der Waals surface area contributed by atoms with Crippen LogP contribution in [-0.4, -0.2) is 57.3 Å². The molecular formula is C16H26N4O. The van der Waals surface area contributed by atoms with Crippen molar-refractivity contribution in [2.75, 3.05) is 40.3 Å². The Morgan fingerprint density at radius 2 is 2.10 bits per heavy atom. The van der Waals surface area contributed by atoms with Gasteiger partial charge in [-0.3, -0.25) is 4.99 Å². The molecule has 5 heteroatoms. The summed E-state index contributed by atoms with van der Waals surface area (Å²) < 4.78 is 5.73. The van der Waals surface area contributed by atoms with E-state index in [2.05, 4.69) is 58.8 Å². The zero-order valence-electron chi connectivity index (χ0n) is 13.2. The molecular weight excluding hydrogens is 264 g/mol. The summed E-state index contributed by atoms with van der Waals surface area (Å²) in [4.78, 5) is 6.54. The Morgan fingerprint density at radius 1 is 1.33 bits per heavy atom. The highest BCUT2D eigenvalue weighted by molar-refractivity contribution is 5.79. The second-order valence-corrected chi connectivity index (χ2v) is 5.55. The molecule has 2 rings (SSSR count). The number of guanidine groups is 1. The van der Waals surface area contributed by atoms with Crippen LogP contribution in [0, 0.1) is 6.92 Å². The van der Waals surface area contributed by atoms with Crippen LogP contribution in [0.5, 0.6) is 0 Å². The third-order valence-electron chi connectivity index (χ3n) is 3.64. The van der Waals surface area contributed by atoms with E-state index in [1.54, 1.807) is 7.05 Å². The Hall–Kier alpha value is -1.59. The summed E-state index contributed by atoms with van der Waals surface area (Å²) in [7, 11) is 3.91. The van der Waals surface area contributed by atoms with Gasteiger partial charge >= 0.3 is 0 Å². The number of nitrogens with one attached hydrogen (secondary N) is 2. The first-order valence-electron chi connectivity index (χ1n) is 7.47.